The smallest absolute Gasteiger partial charge is 0.255 e. The molecule has 3 aromatic rings. The van der Waals surface area contributed by atoms with E-state index in [1.54, 1.807) is 18.2 Å². The molecule has 2 saturated heterocycles. The van der Waals surface area contributed by atoms with E-state index in [0.29, 0.717) is 11.3 Å². The Morgan fingerprint density at radius 2 is 1.63 bits per heavy atom. The molecule has 202 valence electrons. The SMILES string of the molecule is O=c1ccc(C(=NOC2CC[N+]3(CCCCC3)CC2)c2ccc(F)cc2F)cn1-c1c(Cl)cccc1Cl.[Cl-]. The number of hydrogen-bond donors (Lipinski definition) is 0. The van der Waals surface area contributed by atoms with Crippen LogP contribution in [0, 0.1) is 11.6 Å². The van der Waals surface area contributed by atoms with E-state index in [2.05, 4.69) is 5.16 Å². The van der Waals surface area contributed by atoms with Gasteiger partial charge in [0.1, 0.15) is 23.5 Å². The lowest BCUT2D eigenvalue weighted by atomic mass is 9.99. The topological polar surface area (TPSA) is 43.6 Å². The normalized spacial score (nSPS) is 17.7. The lowest BCUT2D eigenvalue weighted by Gasteiger charge is -2.45. The summed E-state index contributed by atoms with van der Waals surface area (Å²) < 4.78 is 31.1. The first-order valence-corrected chi connectivity index (χ1v) is 13.3. The molecule has 3 heterocycles. The average Bonchev–Trinajstić information content (AvgIpc) is 2.88. The molecule has 2 aromatic carbocycles. The van der Waals surface area contributed by atoms with Gasteiger partial charge in [-0.15, -0.1) is 0 Å². The zero-order valence-electron chi connectivity index (χ0n) is 20.7. The van der Waals surface area contributed by atoms with Gasteiger partial charge in [0.25, 0.3) is 5.56 Å². The number of quaternary nitrogens is 1. The standard InChI is InChI=1S/C28H28Cl2F2N3O2.ClH/c29-23-5-4-6-24(30)28(23)34-18-19(7-10-26(34)36)27(22-9-8-20(31)17-25(22)32)33-37-21-11-15-35(16-12-21)13-2-1-3-14-35;/h4-10,17-18,21H,1-3,11-16H2;1H/q+1;/p-1. The molecule has 0 unspecified atom stereocenters. The predicted molar refractivity (Wildman–Crippen MR) is 142 cm³/mol. The Hall–Kier alpha value is -2.45. The molecular weight excluding hydrogens is 555 g/mol. The van der Waals surface area contributed by atoms with Crippen LogP contribution in [0.2, 0.25) is 10.0 Å². The highest BCUT2D eigenvalue weighted by molar-refractivity contribution is 6.37. The van der Waals surface area contributed by atoms with E-state index in [0.717, 1.165) is 36.5 Å². The van der Waals surface area contributed by atoms with Crippen molar-refractivity contribution in [3.8, 4) is 5.69 Å². The number of pyridine rings is 1. The maximum atomic E-state index is 14.9. The molecule has 0 saturated carbocycles. The molecule has 10 heteroatoms. The summed E-state index contributed by atoms with van der Waals surface area (Å²) in [5.74, 6) is -1.48. The third kappa shape index (κ3) is 6.07. The molecule has 0 radical (unpaired) electrons. The minimum absolute atomic E-state index is 0. The van der Waals surface area contributed by atoms with Crippen LogP contribution in [0.1, 0.15) is 43.2 Å². The zero-order chi connectivity index (χ0) is 26.0. The number of hydrogen-bond acceptors (Lipinski definition) is 3. The molecule has 2 fully saturated rings. The van der Waals surface area contributed by atoms with Crippen molar-refractivity contribution in [1.29, 1.82) is 0 Å². The van der Waals surface area contributed by atoms with Crippen molar-refractivity contribution in [3.05, 3.63) is 97.9 Å². The number of aromatic nitrogens is 1. The molecular formula is C28H28Cl3F2N3O2. The summed E-state index contributed by atoms with van der Waals surface area (Å²) >= 11 is 12.7. The Balaban J connectivity index is 0.00000336. The second kappa shape index (κ2) is 12.2. The molecule has 1 spiro atoms. The Morgan fingerprint density at radius 3 is 2.29 bits per heavy atom. The molecule has 2 aliphatic rings. The highest BCUT2D eigenvalue weighted by atomic mass is 35.5. The van der Waals surface area contributed by atoms with Gasteiger partial charge in [0.15, 0.2) is 0 Å². The summed E-state index contributed by atoms with van der Waals surface area (Å²) in [4.78, 5) is 18.7. The van der Waals surface area contributed by atoms with Gasteiger partial charge >= 0.3 is 0 Å². The minimum Gasteiger partial charge on any atom is -1.00 e. The maximum absolute atomic E-state index is 14.9. The van der Waals surface area contributed by atoms with Gasteiger partial charge in [-0.2, -0.15) is 0 Å². The van der Waals surface area contributed by atoms with E-state index in [1.165, 1.54) is 67.4 Å². The fraction of sp³-hybridized carbons (Fsp3) is 0.357. The molecule has 5 nitrogen and oxygen atoms in total. The van der Waals surface area contributed by atoms with Crippen molar-refractivity contribution < 1.29 is 30.5 Å². The summed E-state index contributed by atoms with van der Waals surface area (Å²) in [6.07, 6.45) is 6.95. The number of piperidine rings is 2. The summed E-state index contributed by atoms with van der Waals surface area (Å²) in [5.41, 5.74) is 0.548. The van der Waals surface area contributed by atoms with E-state index in [4.69, 9.17) is 28.0 Å². The number of halogens is 5. The highest BCUT2D eigenvalue weighted by Gasteiger charge is 2.36. The van der Waals surface area contributed by atoms with Gasteiger partial charge in [0.2, 0.25) is 0 Å². The molecule has 0 aliphatic carbocycles. The van der Waals surface area contributed by atoms with Crippen molar-refractivity contribution in [2.24, 2.45) is 5.16 Å². The minimum atomic E-state index is -0.780. The third-order valence-corrected chi connectivity index (χ3v) is 8.07. The second-order valence-corrected chi connectivity index (χ2v) is 10.7. The van der Waals surface area contributed by atoms with Crippen LogP contribution in [-0.4, -0.2) is 47.0 Å². The lowest BCUT2D eigenvalue weighted by Crippen LogP contribution is -3.00. The summed E-state index contributed by atoms with van der Waals surface area (Å²) in [6, 6.07) is 11.1. The summed E-state index contributed by atoms with van der Waals surface area (Å²) in [6.45, 7) is 4.51. The van der Waals surface area contributed by atoms with Gasteiger partial charge in [-0.1, -0.05) is 34.4 Å². The number of benzene rings is 2. The number of para-hydroxylation sites is 1. The van der Waals surface area contributed by atoms with E-state index < -0.39 is 11.6 Å². The first kappa shape index (κ1) is 28.6. The van der Waals surface area contributed by atoms with E-state index in [-0.39, 0.29) is 45.4 Å². The largest absolute Gasteiger partial charge is 1.00 e. The predicted octanol–water partition coefficient (Wildman–Crippen LogP) is 3.36. The summed E-state index contributed by atoms with van der Waals surface area (Å²) in [5, 5.41) is 4.95. The Kier molecular flexibility index (Phi) is 9.14. The molecule has 0 amide bonds. The van der Waals surface area contributed by atoms with Crippen LogP contribution < -0.4 is 18.0 Å². The van der Waals surface area contributed by atoms with Gasteiger partial charge in [-0.25, -0.2) is 8.78 Å². The number of oxime groups is 1. The van der Waals surface area contributed by atoms with Crippen LogP contribution in [0.25, 0.3) is 5.69 Å². The first-order chi connectivity index (χ1) is 17.8. The summed E-state index contributed by atoms with van der Waals surface area (Å²) in [7, 11) is 0. The van der Waals surface area contributed by atoms with Crippen molar-refractivity contribution in [1.82, 2.24) is 4.57 Å². The van der Waals surface area contributed by atoms with Gasteiger partial charge in [0.05, 0.1) is 41.9 Å². The molecule has 38 heavy (non-hydrogen) atoms. The van der Waals surface area contributed by atoms with Crippen LogP contribution in [0.4, 0.5) is 8.78 Å². The number of nitrogens with zero attached hydrogens (tertiary/aromatic N) is 3. The lowest BCUT2D eigenvalue weighted by molar-refractivity contribution is -0.937. The number of rotatable bonds is 5. The van der Waals surface area contributed by atoms with Crippen LogP contribution in [0.5, 0.6) is 0 Å². The van der Waals surface area contributed by atoms with Gasteiger partial charge < -0.3 is 21.7 Å². The monoisotopic (exact) mass is 581 g/mol. The van der Waals surface area contributed by atoms with Crippen LogP contribution in [-0.2, 0) is 4.84 Å². The molecule has 0 N–H and O–H groups in total. The quantitative estimate of drug-likeness (QED) is 0.263. The maximum Gasteiger partial charge on any atom is 0.255 e. The van der Waals surface area contributed by atoms with Crippen LogP contribution >= 0.6 is 23.2 Å². The van der Waals surface area contributed by atoms with Gasteiger partial charge in [-0.3, -0.25) is 9.36 Å². The van der Waals surface area contributed by atoms with Crippen molar-refractivity contribution in [2.75, 3.05) is 26.2 Å². The fourth-order valence-electron chi connectivity index (χ4n) is 5.41. The van der Waals surface area contributed by atoms with Crippen molar-refractivity contribution in [3.63, 3.8) is 0 Å². The van der Waals surface area contributed by atoms with E-state index in [1.807, 2.05) is 0 Å². The van der Waals surface area contributed by atoms with Crippen molar-refractivity contribution in [2.45, 2.75) is 38.2 Å². The zero-order valence-corrected chi connectivity index (χ0v) is 23.0. The Morgan fingerprint density at radius 1 is 0.947 bits per heavy atom. The molecule has 0 atom stereocenters. The van der Waals surface area contributed by atoms with Crippen LogP contribution in [0.15, 0.2) is 64.7 Å². The average molecular weight is 583 g/mol. The molecule has 2 aliphatic heterocycles. The molecule has 5 rings (SSSR count). The Bertz CT molecular complexity index is 1360. The first-order valence-electron chi connectivity index (χ1n) is 12.6. The van der Waals surface area contributed by atoms with E-state index in [9.17, 15) is 13.6 Å². The molecule has 1 aromatic heterocycles. The highest BCUT2D eigenvalue weighted by Crippen LogP contribution is 2.29. The van der Waals surface area contributed by atoms with Crippen molar-refractivity contribution >= 4 is 28.9 Å². The molecule has 0 bridgehead atoms. The van der Waals surface area contributed by atoms with E-state index >= 15 is 0 Å². The van der Waals surface area contributed by atoms with Gasteiger partial charge in [0, 0.05) is 42.3 Å². The second-order valence-electron chi connectivity index (χ2n) is 9.86. The van der Waals surface area contributed by atoms with Crippen LogP contribution in [0.3, 0.4) is 0 Å². The fourth-order valence-corrected chi connectivity index (χ4v) is 5.99. The van der Waals surface area contributed by atoms with Gasteiger partial charge in [-0.05, 0) is 49.6 Å². The third-order valence-electron chi connectivity index (χ3n) is 7.46. The Labute approximate surface area is 236 Å².